The molecule has 1 aliphatic rings. The number of nitrogens with one attached hydrogen (secondary N) is 2. The maximum absolute atomic E-state index is 12.7. The molecule has 0 spiro atoms. The number of hydrogen-bond donors (Lipinski definition) is 2. The fourth-order valence-corrected chi connectivity index (χ4v) is 3.86. The van der Waals surface area contributed by atoms with Crippen molar-refractivity contribution in [2.45, 2.75) is 13.0 Å². The topological polar surface area (TPSA) is 61.4 Å². The number of nitrogens with zero attached hydrogens (tertiary/aromatic N) is 1. The van der Waals surface area contributed by atoms with Crippen LogP contribution in [0, 0.1) is 5.92 Å². The fraction of sp³-hybridized carbons (Fsp3) is 0.200. The zero-order chi connectivity index (χ0) is 20.9. The minimum atomic E-state index is -0.118. The van der Waals surface area contributed by atoms with E-state index < -0.39 is 0 Å². The number of benzene rings is 3. The van der Waals surface area contributed by atoms with Crippen molar-refractivity contribution in [2.24, 2.45) is 5.92 Å². The number of likely N-dealkylation sites (tertiary alicyclic amines) is 1. The average molecular weight is 399 g/mol. The van der Waals surface area contributed by atoms with Gasteiger partial charge in [0, 0.05) is 31.4 Å². The summed E-state index contributed by atoms with van der Waals surface area (Å²) in [6.07, 6.45) is 0. The van der Waals surface area contributed by atoms with Crippen LogP contribution in [0.5, 0.6) is 0 Å². The Morgan fingerprint density at radius 2 is 1.23 bits per heavy atom. The van der Waals surface area contributed by atoms with Gasteiger partial charge in [-0.05, 0) is 35.4 Å². The molecule has 1 heterocycles. The van der Waals surface area contributed by atoms with E-state index >= 15 is 0 Å². The van der Waals surface area contributed by atoms with Gasteiger partial charge in [-0.3, -0.25) is 14.5 Å². The molecule has 0 bridgehead atoms. The molecule has 1 saturated heterocycles. The van der Waals surface area contributed by atoms with E-state index in [9.17, 15) is 9.59 Å². The van der Waals surface area contributed by atoms with Gasteiger partial charge in [-0.1, -0.05) is 60.7 Å². The molecule has 0 saturated carbocycles. The molecule has 152 valence electrons. The van der Waals surface area contributed by atoms with Gasteiger partial charge in [-0.2, -0.15) is 0 Å². The first kappa shape index (κ1) is 19.9. The average Bonchev–Trinajstić information content (AvgIpc) is 2.72. The van der Waals surface area contributed by atoms with Gasteiger partial charge < -0.3 is 10.6 Å². The van der Waals surface area contributed by atoms with Crippen molar-refractivity contribution in [1.82, 2.24) is 4.90 Å². The Bertz CT molecular complexity index is 958. The monoisotopic (exact) mass is 399 g/mol. The van der Waals surface area contributed by atoms with Crippen molar-refractivity contribution in [2.75, 3.05) is 23.7 Å². The second-order valence-electron chi connectivity index (χ2n) is 7.62. The smallest absolute Gasteiger partial charge is 0.230 e. The lowest BCUT2D eigenvalue weighted by Gasteiger charge is -2.44. The van der Waals surface area contributed by atoms with Crippen LogP contribution in [-0.2, 0) is 9.59 Å². The first-order chi connectivity index (χ1) is 14.6. The second kappa shape index (κ2) is 8.93. The molecule has 0 aliphatic carbocycles. The third kappa shape index (κ3) is 4.58. The molecule has 5 nitrogen and oxygen atoms in total. The SMILES string of the molecule is CC(=O)Nc1ccc(NC(=O)C2CN(C(c3ccccc3)c3ccccc3)C2)cc1. The zero-order valence-electron chi connectivity index (χ0n) is 16.9. The van der Waals surface area contributed by atoms with Gasteiger partial charge in [0.25, 0.3) is 0 Å². The molecule has 0 unspecified atom stereocenters. The van der Waals surface area contributed by atoms with Gasteiger partial charge in [-0.25, -0.2) is 0 Å². The molecule has 2 amide bonds. The molecule has 4 rings (SSSR count). The Balaban J connectivity index is 1.40. The lowest BCUT2D eigenvalue weighted by Crippen LogP contribution is -2.53. The van der Waals surface area contributed by atoms with Crippen LogP contribution in [0.4, 0.5) is 11.4 Å². The van der Waals surface area contributed by atoms with E-state index in [1.165, 1.54) is 18.1 Å². The molecular formula is C25H25N3O2. The van der Waals surface area contributed by atoms with Crippen LogP contribution in [0.1, 0.15) is 24.1 Å². The zero-order valence-corrected chi connectivity index (χ0v) is 16.9. The minimum absolute atomic E-state index is 0.0263. The summed E-state index contributed by atoms with van der Waals surface area (Å²) in [6.45, 7) is 2.89. The number of carbonyl (C=O) groups excluding carboxylic acids is 2. The predicted molar refractivity (Wildman–Crippen MR) is 119 cm³/mol. The van der Waals surface area contributed by atoms with Crippen LogP contribution in [0.3, 0.4) is 0 Å². The Morgan fingerprint density at radius 1 is 0.767 bits per heavy atom. The highest BCUT2D eigenvalue weighted by Gasteiger charge is 2.37. The van der Waals surface area contributed by atoms with Crippen molar-refractivity contribution in [1.29, 1.82) is 0 Å². The largest absolute Gasteiger partial charge is 0.326 e. The van der Waals surface area contributed by atoms with Crippen molar-refractivity contribution in [3.63, 3.8) is 0 Å². The summed E-state index contributed by atoms with van der Waals surface area (Å²) in [5.41, 5.74) is 3.91. The normalized spacial score (nSPS) is 14.2. The van der Waals surface area contributed by atoms with E-state index in [-0.39, 0.29) is 23.8 Å². The second-order valence-corrected chi connectivity index (χ2v) is 7.62. The van der Waals surface area contributed by atoms with Crippen LogP contribution in [-0.4, -0.2) is 29.8 Å². The molecule has 1 fully saturated rings. The number of anilines is 2. The quantitative estimate of drug-likeness (QED) is 0.649. The Hall–Kier alpha value is -3.44. The van der Waals surface area contributed by atoms with E-state index in [0.29, 0.717) is 18.8 Å². The third-order valence-electron chi connectivity index (χ3n) is 5.35. The van der Waals surface area contributed by atoms with Crippen molar-refractivity contribution < 1.29 is 9.59 Å². The van der Waals surface area contributed by atoms with Gasteiger partial charge in [-0.15, -0.1) is 0 Å². The van der Waals surface area contributed by atoms with Crippen LogP contribution in [0.25, 0.3) is 0 Å². The lowest BCUT2D eigenvalue weighted by atomic mass is 9.90. The van der Waals surface area contributed by atoms with Crippen LogP contribution in [0.15, 0.2) is 84.9 Å². The van der Waals surface area contributed by atoms with Gasteiger partial charge in [0.05, 0.1) is 12.0 Å². The van der Waals surface area contributed by atoms with Crippen LogP contribution < -0.4 is 10.6 Å². The number of carbonyl (C=O) groups is 2. The summed E-state index contributed by atoms with van der Waals surface area (Å²) in [7, 11) is 0. The molecule has 30 heavy (non-hydrogen) atoms. The summed E-state index contributed by atoms with van der Waals surface area (Å²) in [5.74, 6) is -0.138. The van der Waals surface area contributed by atoms with E-state index in [1.54, 1.807) is 24.3 Å². The van der Waals surface area contributed by atoms with E-state index in [0.717, 1.165) is 5.69 Å². The molecule has 3 aromatic rings. The number of rotatable bonds is 6. The summed E-state index contributed by atoms with van der Waals surface area (Å²) >= 11 is 0. The van der Waals surface area contributed by atoms with E-state index in [1.807, 2.05) is 12.1 Å². The number of hydrogen-bond acceptors (Lipinski definition) is 3. The van der Waals surface area contributed by atoms with Gasteiger partial charge in [0.15, 0.2) is 0 Å². The minimum Gasteiger partial charge on any atom is -0.326 e. The van der Waals surface area contributed by atoms with Gasteiger partial charge >= 0.3 is 0 Å². The summed E-state index contributed by atoms with van der Waals surface area (Å²) in [5, 5.41) is 5.71. The maximum atomic E-state index is 12.7. The highest BCUT2D eigenvalue weighted by atomic mass is 16.2. The van der Waals surface area contributed by atoms with Crippen molar-refractivity contribution in [3.8, 4) is 0 Å². The molecule has 0 atom stereocenters. The Kier molecular flexibility index (Phi) is 5.91. The van der Waals surface area contributed by atoms with Gasteiger partial charge in [0.1, 0.15) is 0 Å². The molecule has 5 heteroatoms. The first-order valence-corrected chi connectivity index (χ1v) is 10.1. The summed E-state index contributed by atoms with van der Waals surface area (Å²) in [4.78, 5) is 26.2. The van der Waals surface area contributed by atoms with Crippen molar-refractivity contribution in [3.05, 3.63) is 96.1 Å². The van der Waals surface area contributed by atoms with Gasteiger partial charge in [0.2, 0.25) is 11.8 Å². The molecule has 0 radical (unpaired) electrons. The van der Waals surface area contributed by atoms with Crippen molar-refractivity contribution >= 4 is 23.2 Å². The Morgan fingerprint density at radius 3 is 1.70 bits per heavy atom. The highest BCUT2D eigenvalue weighted by Crippen LogP contribution is 2.34. The fourth-order valence-electron chi connectivity index (χ4n) is 3.86. The lowest BCUT2D eigenvalue weighted by molar-refractivity contribution is -0.125. The molecular weight excluding hydrogens is 374 g/mol. The highest BCUT2D eigenvalue weighted by molar-refractivity contribution is 5.94. The molecule has 1 aliphatic heterocycles. The van der Waals surface area contributed by atoms with E-state index in [2.05, 4.69) is 64.1 Å². The van der Waals surface area contributed by atoms with E-state index in [4.69, 9.17) is 0 Å². The predicted octanol–water partition coefficient (Wildman–Crippen LogP) is 4.30. The standard InChI is InChI=1S/C25H25N3O2/c1-18(29)26-22-12-14-23(15-13-22)27-25(30)21-16-28(17-21)24(19-8-4-2-5-9-19)20-10-6-3-7-11-20/h2-15,21,24H,16-17H2,1H3,(H,26,29)(H,27,30). The first-order valence-electron chi connectivity index (χ1n) is 10.1. The number of amides is 2. The third-order valence-corrected chi connectivity index (χ3v) is 5.35. The molecule has 3 aromatic carbocycles. The summed E-state index contributed by atoms with van der Waals surface area (Å²) in [6, 6.07) is 28.1. The summed E-state index contributed by atoms with van der Waals surface area (Å²) < 4.78 is 0. The van der Waals surface area contributed by atoms with Crippen LogP contribution >= 0.6 is 0 Å². The molecule has 0 aromatic heterocycles. The van der Waals surface area contributed by atoms with Crippen LogP contribution in [0.2, 0.25) is 0 Å². The Labute approximate surface area is 176 Å². The maximum Gasteiger partial charge on any atom is 0.230 e. The molecule has 2 N–H and O–H groups in total.